The Kier molecular flexibility index (Phi) is 4.05. The second-order valence-electron chi connectivity index (χ2n) is 5.85. The van der Waals surface area contributed by atoms with Crippen molar-refractivity contribution in [1.82, 2.24) is 20.1 Å². The second-order valence-corrected chi connectivity index (χ2v) is 5.85. The molecule has 1 aromatic heterocycles. The third-order valence-electron chi connectivity index (χ3n) is 4.11. The number of hydrogen-bond acceptors (Lipinski definition) is 3. The van der Waals surface area contributed by atoms with Crippen molar-refractivity contribution >= 4 is 10.9 Å². The normalized spacial score (nSPS) is 18.8. The summed E-state index contributed by atoms with van der Waals surface area (Å²) >= 11 is 0. The van der Waals surface area contributed by atoms with Gasteiger partial charge in [0.05, 0.1) is 0 Å². The highest BCUT2D eigenvalue weighted by Gasteiger charge is 2.24. The van der Waals surface area contributed by atoms with Crippen LogP contribution in [0.15, 0.2) is 30.5 Å². The van der Waals surface area contributed by atoms with Crippen molar-refractivity contribution in [2.75, 3.05) is 46.8 Å². The summed E-state index contributed by atoms with van der Waals surface area (Å²) in [6.45, 7) is 5.48. The second kappa shape index (κ2) is 5.95. The smallest absolute Gasteiger partial charge is 0.0497 e. The van der Waals surface area contributed by atoms with E-state index < -0.39 is 0 Å². The molecule has 2 aromatic rings. The van der Waals surface area contributed by atoms with Gasteiger partial charge in [0.1, 0.15) is 0 Å². The number of fused-ring (bicyclic) bond motifs is 1. The van der Waals surface area contributed by atoms with Crippen molar-refractivity contribution in [3.05, 3.63) is 36.0 Å². The van der Waals surface area contributed by atoms with Crippen LogP contribution in [0, 0.1) is 0 Å². The summed E-state index contributed by atoms with van der Waals surface area (Å²) in [5, 5.41) is 4.80. The summed E-state index contributed by atoms with van der Waals surface area (Å²) in [6, 6.07) is 9.07. The number of para-hydroxylation sites is 1. The molecule has 0 radical (unpaired) electrons. The molecule has 2 N–H and O–H groups in total. The largest absolute Gasteiger partial charge is 0.361 e. The lowest BCUT2D eigenvalue weighted by molar-refractivity contribution is 0.145. The number of benzene rings is 1. The van der Waals surface area contributed by atoms with E-state index in [-0.39, 0.29) is 0 Å². The molecular formula is C16H24N4. The average Bonchev–Trinajstić information content (AvgIpc) is 2.89. The number of likely N-dealkylation sites (N-methyl/N-ethyl adjacent to an activating group) is 1. The van der Waals surface area contributed by atoms with Crippen molar-refractivity contribution in [2.24, 2.45) is 0 Å². The van der Waals surface area contributed by atoms with Crippen LogP contribution in [0.3, 0.4) is 0 Å². The van der Waals surface area contributed by atoms with E-state index in [1.54, 1.807) is 0 Å². The number of nitrogens with one attached hydrogen (secondary N) is 2. The topological polar surface area (TPSA) is 34.3 Å². The highest BCUT2D eigenvalue weighted by Crippen LogP contribution is 2.29. The molecule has 20 heavy (non-hydrogen) atoms. The quantitative estimate of drug-likeness (QED) is 0.888. The van der Waals surface area contributed by atoms with Crippen LogP contribution in [0.1, 0.15) is 11.6 Å². The maximum atomic E-state index is 3.44. The summed E-state index contributed by atoms with van der Waals surface area (Å²) in [5.41, 5.74) is 2.66. The molecule has 108 valence electrons. The molecule has 1 unspecified atom stereocenters. The lowest BCUT2D eigenvalue weighted by Gasteiger charge is -2.36. The van der Waals surface area contributed by atoms with E-state index >= 15 is 0 Å². The molecule has 1 atom stereocenters. The Labute approximate surface area is 120 Å². The van der Waals surface area contributed by atoms with Crippen LogP contribution in [-0.2, 0) is 0 Å². The number of H-pyrrole nitrogens is 1. The Morgan fingerprint density at radius 2 is 1.95 bits per heavy atom. The summed E-state index contributed by atoms with van der Waals surface area (Å²) in [6.07, 6.45) is 2.20. The lowest BCUT2D eigenvalue weighted by Crippen LogP contribution is -2.47. The zero-order chi connectivity index (χ0) is 13.9. The third-order valence-corrected chi connectivity index (χ3v) is 4.11. The van der Waals surface area contributed by atoms with Crippen LogP contribution in [-0.4, -0.2) is 61.6 Å². The van der Waals surface area contributed by atoms with Gasteiger partial charge in [-0.15, -0.1) is 0 Å². The predicted octanol–water partition coefficient (Wildman–Crippen LogP) is 1.68. The Hall–Kier alpha value is -1.36. The minimum atomic E-state index is 0.461. The van der Waals surface area contributed by atoms with Crippen LogP contribution in [0.4, 0.5) is 0 Å². The first-order chi connectivity index (χ1) is 9.75. The van der Waals surface area contributed by atoms with Gasteiger partial charge in [0.2, 0.25) is 0 Å². The van der Waals surface area contributed by atoms with Gasteiger partial charge < -0.3 is 15.2 Å². The highest BCUT2D eigenvalue weighted by atomic mass is 15.2. The Balaban J connectivity index is 1.95. The van der Waals surface area contributed by atoms with Gasteiger partial charge in [0.15, 0.2) is 0 Å². The molecule has 4 nitrogen and oxygen atoms in total. The van der Waals surface area contributed by atoms with E-state index in [1.807, 2.05) is 0 Å². The van der Waals surface area contributed by atoms with Gasteiger partial charge in [-0.2, -0.15) is 0 Å². The van der Waals surface area contributed by atoms with Crippen molar-refractivity contribution < 1.29 is 0 Å². The zero-order valence-electron chi connectivity index (χ0n) is 12.4. The van der Waals surface area contributed by atoms with Gasteiger partial charge in [-0.05, 0) is 25.7 Å². The van der Waals surface area contributed by atoms with Gasteiger partial charge in [-0.1, -0.05) is 18.2 Å². The van der Waals surface area contributed by atoms with Crippen molar-refractivity contribution in [2.45, 2.75) is 6.04 Å². The fraction of sp³-hybridized carbons (Fsp3) is 0.500. The molecule has 1 saturated heterocycles. The molecule has 1 aliphatic heterocycles. The summed E-state index contributed by atoms with van der Waals surface area (Å²) in [7, 11) is 4.31. The molecule has 1 aromatic carbocycles. The van der Waals surface area contributed by atoms with E-state index in [1.165, 1.54) is 16.5 Å². The molecule has 0 spiro atoms. The van der Waals surface area contributed by atoms with Crippen LogP contribution < -0.4 is 5.32 Å². The van der Waals surface area contributed by atoms with E-state index in [0.29, 0.717) is 6.04 Å². The van der Waals surface area contributed by atoms with Gasteiger partial charge in [-0.3, -0.25) is 4.90 Å². The number of piperazine rings is 1. The molecule has 0 aliphatic carbocycles. The molecule has 0 amide bonds. The van der Waals surface area contributed by atoms with Gasteiger partial charge in [-0.25, -0.2) is 0 Å². The van der Waals surface area contributed by atoms with Crippen molar-refractivity contribution in [3.63, 3.8) is 0 Å². The first-order valence-electron chi connectivity index (χ1n) is 7.41. The van der Waals surface area contributed by atoms with Crippen molar-refractivity contribution in [1.29, 1.82) is 0 Å². The molecule has 1 fully saturated rings. The highest BCUT2D eigenvalue weighted by molar-refractivity contribution is 5.83. The molecule has 0 saturated carbocycles. The van der Waals surface area contributed by atoms with E-state index in [2.05, 4.69) is 64.7 Å². The van der Waals surface area contributed by atoms with E-state index in [9.17, 15) is 0 Å². The standard InChI is InChI=1S/C16H24N4/c1-19(2)12-16(20-9-7-17-8-10-20)14-11-18-15-6-4-3-5-13(14)15/h3-6,11,16-18H,7-10,12H2,1-2H3. The molecule has 2 heterocycles. The van der Waals surface area contributed by atoms with E-state index in [0.717, 1.165) is 32.7 Å². The number of aromatic nitrogens is 1. The van der Waals surface area contributed by atoms with Crippen LogP contribution in [0.25, 0.3) is 10.9 Å². The number of aromatic amines is 1. The summed E-state index contributed by atoms with van der Waals surface area (Å²) in [5.74, 6) is 0. The zero-order valence-corrected chi connectivity index (χ0v) is 12.4. The predicted molar refractivity (Wildman–Crippen MR) is 84.0 cm³/mol. The molecule has 1 aliphatic rings. The Morgan fingerprint density at radius 3 is 2.70 bits per heavy atom. The molecular weight excluding hydrogens is 248 g/mol. The van der Waals surface area contributed by atoms with E-state index in [4.69, 9.17) is 0 Å². The fourth-order valence-electron chi connectivity index (χ4n) is 3.12. The maximum Gasteiger partial charge on any atom is 0.0497 e. The number of nitrogens with zero attached hydrogens (tertiary/aromatic N) is 2. The van der Waals surface area contributed by atoms with Gasteiger partial charge in [0.25, 0.3) is 0 Å². The maximum absolute atomic E-state index is 3.44. The van der Waals surface area contributed by atoms with Gasteiger partial charge in [0, 0.05) is 55.9 Å². The molecule has 3 rings (SSSR count). The monoisotopic (exact) mass is 272 g/mol. The first kappa shape index (κ1) is 13.6. The fourth-order valence-corrected chi connectivity index (χ4v) is 3.12. The first-order valence-corrected chi connectivity index (χ1v) is 7.41. The Morgan fingerprint density at radius 1 is 1.20 bits per heavy atom. The third kappa shape index (κ3) is 2.73. The minimum absolute atomic E-state index is 0.461. The number of hydrogen-bond donors (Lipinski definition) is 2. The van der Waals surface area contributed by atoms with Gasteiger partial charge >= 0.3 is 0 Å². The molecule has 0 bridgehead atoms. The van der Waals surface area contributed by atoms with Crippen LogP contribution in [0.2, 0.25) is 0 Å². The van der Waals surface area contributed by atoms with Crippen LogP contribution in [0.5, 0.6) is 0 Å². The van der Waals surface area contributed by atoms with Crippen molar-refractivity contribution in [3.8, 4) is 0 Å². The molecule has 4 heteroatoms. The van der Waals surface area contributed by atoms with Crippen LogP contribution >= 0.6 is 0 Å². The lowest BCUT2D eigenvalue weighted by atomic mass is 10.0. The summed E-state index contributed by atoms with van der Waals surface area (Å²) in [4.78, 5) is 8.31. The minimum Gasteiger partial charge on any atom is -0.361 e. The average molecular weight is 272 g/mol. The Bertz CT molecular complexity index is 554. The summed E-state index contributed by atoms with van der Waals surface area (Å²) < 4.78 is 0. The number of rotatable bonds is 4. The SMILES string of the molecule is CN(C)CC(c1c[nH]c2ccccc12)N1CCNCC1.